The van der Waals surface area contributed by atoms with E-state index in [1.54, 1.807) is 10.7 Å². The molecule has 1 heterocycles. The highest BCUT2D eigenvalue weighted by Gasteiger charge is 2.13. The van der Waals surface area contributed by atoms with E-state index in [-0.39, 0.29) is 25.2 Å². The molecular weight excluding hydrogens is 308 g/mol. The number of ether oxygens (including phenoxy) is 1. The normalized spacial score (nSPS) is 10.6. The maximum atomic E-state index is 12.1. The van der Waals surface area contributed by atoms with Gasteiger partial charge in [-0.15, -0.1) is 5.10 Å². The summed E-state index contributed by atoms with van der Waals surface area (Å²) >= 11 is 0. The lowest BCUT2D eigenvalue weighted by Crippen LogP contribution is -2.12. The minimum Gasteiger partial charge on any atom is -0.457 e. The Bertz CT molecular complexity index is 724. The van der Waals surface area contributed by atoms with E-state index < -0.39 is 5.97 Å². The molecule has 0 saturated heterocycles. The van der Waals surface area contributed by atoms with Crippen LogP contribution in [0.25, 0.3) is 0 Å². The summed E-state index contributed by atoms with van der Waals surface area (Å²) in [5.41, 5.74) is 2.82. The van der Waals surface area contributed by atoms with Crippen molar-refractivity contribution < 1.29 is 14.3 Å². The summed E-state index contributed by atoms with van der Waals surface area (Å²) in [6.45, 7) is 6.65. The van der Waals surface area contributed by atoms with Gasteiger partial charge in [0, 0.05) is 18.5 Å². The molecule has 0 bridgehead atoms. The molecule has 0 aliphatic carbocycles. The van der Waals surface area contributed by atoms with Crippen molar-refractivity contribution in [3.05, 3.63) is 40.7 Å². The van der Waals surface area contributed by atoms with Crippen molar-refractivity contribution in [1.82, 2.24) is 20.2 Å². The zero-order chi connectivity index (χ0) is 17.5. The van der Waals surface area contributed by atoms with Gasteiger partial charge in [-0.3, -0.25) is 9.59 Å². The largest absolute Gasteiger partial charge is 0.457 e. The smallest absolute Gasteiger partial charge is 0.306 e. The Morgan fingerprint density at radius 1 is 1.17 bits per heavy atom. The lowest BCUT2D eigenvalue weighted by atomic mass is 10.0. The molecule has 7 heteroatoms. The summed E-state index contributed by atoms with van der Waals surface area (Å²) < 4.78 is 6.75. The monoisotopic (exact) mass is 330 g/mol. The molecule has 1 aromatic heterocycles. The summed E-state index contributed by atoms with van der Waals surface area (Å²) in [6, 6.07) is 5.55. The average molecular weight is 330 g/mol. The van der Waals surface area contributed by atoms with E-state index in [2.05, 4.69) is 15.5 Å². The number of ketones is 1. The molecule has 0 aliphatic rings. The third-order valence-corrected chi connectivity index (χ3v) is 3.79. The van der Waals surface area contributed by atoms with E-state index in [1.165, 1.54) is 0 Å². The van der Waals surface area contributed by atoms with Gasteiger partial charge in [0.1, 0.15) is 0 Å². The number of hydrogen-bond donors (Lipinski definition) is 0. The van der Waals surface area contributed by atoms with Crippen molar-refractivity contribution in [1.29, 1.82) is 0 Å². The first-order valence-corrected chi connectivity index (χ1v) is 8.02. The quantitative estimate of drug-likeness (QED) is 0.545. The number of rotatable bonds is 8. The number of aromatic nitrogens is 4. The second-order valence-electron chi connectivity index (χ2n) is 5.70. The zero-order valence-electron chi connectivity index (χ0n) is 14.3. The van der Waals surface area contributed by atoms with Gasteiger partial charge in [0.15, 0.2) is 18.2 Å². The highest BCUT2D eigenvalue weighted by molar-refractivity contribution is 5.97. The van der Waals surface area contributed by atoms with E-state index >= 15 is 0 Å². The first-order chi connectivity index (χ1) is 11.5. The molecule has 0 spiro atoms. The first-order valence-electron chi connectivity index (χ1n) is 8.02. The summed E-state index contributed by atoms with van der Waals surface area (Å²) in [5.74, 6) is 0.00906. The molecule has 2 rings (SSSR count). The second-order valence-corrected chi connectivity index (χ2v) is 5.70. The van der Waals surface area contributed by atoms with Gasteiger partial charge in [0.25, 0.3) is 0 Å². The van der Waals surface area contributed by atoms with Crippen LogP contribution in [-0.4, -0.2) is 32.0 Å². The highest BCUT2D eigenvalue weighted by atomic mass is 16.5. The summed E-state index contributed by atoms with van der Waals surface area (Å²) in [5, 5.41) is 11.2. The number of tetrazole rings is 1. The Balaban J connectivity index is 1.81. The maximum Gasteiger partial charge on any atom is 0.306 e. The third-order valence-electron chi connectivity index (χ3n) is 3.79. The summed E-state index contributed by atoms with van der Waals surface area (Å²) in [6.07, 6.45) is 1.05. The van der Waals surface area contributed by atoms with Crippen molar-refractivity contribution in [2.24, 2.45) is 0 Å². The van der Waals surface area contributed by atoms with Gasteiger partial charge >= 0.3 is 5.97 Å². The van der Waals surface area contributed by atoms with Crippen LogP contribution in [0.5, 0.6) is 0 Å². The van der Waals surface area contributed by atoms with E-state index in [4.69, 9.17) is 4.74 Å². The molecule has 2 aromatic rings. The SMILES string of the molecule is CCCn1nnnc1COC(=O)CCC(=O)c1ccc(C)c(C)c1. The van der Waals surface area contributed by atoms with Gasteiger partial charge in [-0.25, -0.2) is 4.68 Å². The minimum atomic E-state index is -0.432. The number of Topliss-reactive ketones (excluding diaryl/α,β-unsaturated/α-hetero) is 1. The topological polar surface area (TPSA) is 87.0 Å². The Labute approximate surface area is 141 Å². The fourth-order valence-electron chi connectivity index (χ4n) is 2.20. The fourth-order valence-corrected chi connectivity index (χ4v) is 2.20. The second kappa shape index (κ2) is 8.33. The molecular formula is C17H22N4O3. The van der Waals surface area contributed by atoms with E-state index in [0.717, 1.165) is 17.5 Å². The van der Waals surface area contributed by atoms with Crippen LogP contribution in [0, 0.1) is 13.8 Å². The minimum absolute atomic E-state index is 0.0175. The van der Waals surface area contributed by atoms with Gasteiger partial charge in [-0.1, -0.05) is 19.1 Å². The average Bonchev–Trinajstić information content (AvgIpc) is 3.01. The molecule has 0 radical (unpaired) electrons. The first kappa shape index (κ1) is 17.8. The van der Waals surface area contributed by atoms with Crippen molar-refractivity contribution >= 4 is 11.8 Å². The Morgan fingerprint density at radius 2 is 1.96 bits per heavy atom. The van der Waals surface area contributed by atoms with Crippen molar-refractivity contribution in [3.8, 4) is 0 Å². The van der Waals surface area contributed by atoms with E-state index in [9.17, 15) is 9.59 Å². The molecule has 1 aromatic carbocycles. The number of hydrogen-bond acceptors (Lipinski definition) is 6. The van der Waals surface area contributed by atoms with Gasteiger partial charge in [-0.2, -0.15) is 0 Å². The predicted molar refractivity (Wildman–Crippen MR) is 87.4 cm³/mol. The van der Waals surface area contributed by atoms with E-state index in [0.29, 0.717) is 17.9 Å². The van der Waals surface area contributed by atoms with Gasteiger partial charge < -0.3 is 4.74 Å². The number of esters is 1. The summed E-state index contributed by atoms with van der Waals surface area (Å²) in [7, 11) is 0. The Hall–Kier alpha value is -2.57. The van der Waals surface area contributed by atoms with Crippen LogP contribution in [0.3, 0.4) is 0 Å². The standard InChI is InChI=1S/C17H22N4O3/c1-4-9-21-16(18-19-20-21)11-24-17(23)8-7-15(22)14-6-5-12(2)13(3)10-14/h5-6,10H,4,7-9,11H2,1-3H3. The van der Waals surface area contributed by atoms with Crippen molar-refractivity contribution in [2.75, 3.05) is 0 Å². The molecule has 24 heavy (non-hydrogen) atoms. The lowest BCUT2D eigenvalue weighted by Gasteiger charge is -2.06. The number of carbonyl (C=O) groups is 2. The number of carbonyl (C=O) groups excluding carboxylic acids is 2. The van der Waals surface area contributed by atoms with Crippen molar-refractivity contribution in [3.63, 3.8) is 0 Å². The predicted octanol–water partition coefficient (Wildman–Crippen LogP) is 2.41. The highest BCUT2D eigenvalue weighted by Crippen LogP contribution is 2.13. The van der Waals surface area contributed by atoms with Crippen LogP contribution < -0.4 is 0 Å². The number of benzene rings is 1. The fraction of sp³-hybridized carbons (Fsp3) is 0.471. The van der Waals surface area contributed by atoms with Gasteiger partial charge in [0.05, 0.1) is 6.42 Å². The van der Waals surface area contributed by atoms with Gasteiger partial charge in [0.2, 0.25) is 0 Å². The maximum absolute atomic E-state index is 12.1. The van der Waals surface area contributed by atoms with Crippen LogP contribution in [0.2, 0.25) is 0 Å². The molecule has 0 unspecified atom stereocenters. The molecule has 0 N–H and O–H groups in total. The van der Waals surface area contributed by atoms with Crippen molar-refractivity contribution in [2.45, 2.75) is 53.2 Å². The molecule has 7 nitrogen and oxygen atoms in total. The Kier molecular flexibility index (Phi) is 6.17. The molecule has 0 aliphatic heterocycles. The molecule has 0 fully saturated rings. The number of aryl methyl sites for hydroxylation is 3. The zero-order valence-corrected chi connectivity index (χ0v) is 14.3. The van der Waals surface area contributed by atoms with Crippen LogP contribution >= 0.6 is 0 Å². The van der Waals surface area contributed by atoms with Crippen LogP contribution in [0.4, 0.5) is 0 Å². The van der Waals surface area contributed by atoms with Crippen LogP contribution in [0.15, 0.2) is 18.2 Å². The van der Waals surface area contributed by atoms with Crippen LogP contribution in [-0.2, 0) is 22.7 Å². The van der Waals surface area contributed by atoms with Gasteiger partial charge in [-0.05, 0) is 47.9 Å². The lowest BCUT2D eigenvalue weighted by molar-refractivity contribution is -0.145. The number of nitrogens with zero attached hydrogens (tertiary/aromatic N) is 4. The third kappa shape index (κ3) is 4.71. The molecule has 0 atom stereocenters. The molecule has 128 valence electrons. The summed E-state index contributed by atoms with van der Waals surface area (Å²) in [4.78, 5) is 24.0. The Morgan fingerprint density at radius 3 is 2.67 bits per heavy atom. The molecule has 0 amide bonds. The molecule has 0 saturated carbocycles. The van der Waals surface area contributed by atoms with Crippen LogP contribution in [0.1, 0.15) is 53.5 Å². The van der Waals surface area contributed by atoms with E-state index in [1.807, 2.05) is 32.9 Å².